The van der Waals surface area contributed by atoms with Crippen LogP contribution in [0.4, 0.5) is 11.4 Å². The number of aryl methyl sites for hydroxylation is 1. The van der Waals surface area contributed by atoms with Crippen molar-refractivity contribution < 1.29 is 9.72 Å². The Morgan fingerprint density at radius 1 is 1.38 bits per heavy atom. The molecule has 7 nitrogen and oxygen atoms in total. The lowest BCUT2D eigenvalue weighted by molar-refractivity contribution is -0.384. The number of nitro benzene ring substituents is 1. The van der Waals surface area contributed by atoms with E-state index in [1.165, 1.54) is 23.9 Å². The first-order chi connectivity index (χ1) is 12.3. The molecule has 1 amide bonds. The molecule has 2 aromatic rings. The average Bonchev–Trinajstić information content (AvgIpc) is 2.87. The van der Waals surface area contributed by atoms with Crippen LogP contribution >= 0.6 is 23.5 Å². The summed E-state index contributed by atoms with van der Waals surface area (Å²) in [5, 5.41) is 15.8. The van der Waals surface area contributed by atoms with Crippen LogP contribution in [-0.2, 0) is 4.79 Å². The van der Waals surface area contributed by atoms with Gasteiger partial charge in [0, 0.05) is 28.6 Å². The molecule has 1 aromatic heterocycles. The highest BCUT2D eigenvalue weighted by atomic mass is 32.2. The zero-order valence-electron chi connectivity index (χ0n) is 14.6. The lowest BCUT2D eigenvalue weighted by atomic mass is 10.0. The highest BCUT2D eigenvalue weighted by Crippen LogP contribution is 2.47. The average molecular weight is 390 g/mol. The molecule has 0 unspecified atom stereocenters. The largest absolute Gasteiger partial charge is 0.325 e. The topological polar surface area (TPSA) is 98.0 Å². The molecule has 1 N–H and O–H groups in total. The third-order valence-electron chi connectivity index (χ3n) is 4.13. The number of nitro groups is 1. The Balaban J connectivity index is 1.69. The van der Waals surface area contributed by atoms with Crippen molar-refractivity contribution in [3.63, 3.8) is 0 Å². The van der Waals surface area contributed by atoms with E-state index < -0.39 is 4.92 Å². The Hall–Kier alpha value is -2.13. The number of nitrogens with one attached hydrogen (secondary N) is 1. The van der Waals surface area contributed by atoms with Gasteiger partial charge in [0.15, 0.2) is 0 Å². The highest BCUT2D eigenvalue weighted by molar-refractivity contribution is 8.01. The van der Waals surface area contributed by atoms with E-state index in [1.54, 1.807) is 23.9 Å². The first-order valence-electron chi connectivity index (χ1n) is 8.07. The van der Waals surface area contributed by atoms with Crippen LogP contribution in [0.1, 0.15) is 31.2 Å². The van der Waals surface area contributed by atoms with Crippen molar-refractivity contribution in [1.29, 1.82) is 0 Å². The van der Waals surface area contributed by atoms with Gasteiger partial charge in [-0.1, -0.05) is 31.7 Å². The maximum Gasteiger partial charge on any atom is 0.271 e. The van der Waals surface area contributed by atoms with Gasteiger partial charge in [-0.2, -0.15) is 0 Å². The fourth-order valence-corrected chi connectivity index (χ4v) is 4.99. The number of anilines is 1. The van der Waals surface area contributed by atoms with Crippen molar-refractivity contribution in [3.05, 3.63) is 45.8 Å². The van der Waals surface area contributed by atoms with Crippen molar-refractivity contribution in [1.82, 2.24) is 9.97 Å². The number of hydrogen-bond donors (Lipinski definition) is 1. The zero-order valence-corrected chi connectivity index (χ0v) is 16.2. The number of amides is 1. The smallest absolute Gasteiger partial charge is 0.271 e. The first kappa shape index (κ1) is 18.7. The van der Waals surface area contributed by atoms with E-state index in [4.69, 9.17) is 0 Å². The van der Waals surface area contributed by atoms with E-state index in [9.17, 15) is 14.9 Å². The number of non-ortho nitro benzene ring substituents is 1. The van der Waals surface area contributed by atoms with Gasteiger partial charge >= 0.3 is 0 Å². The molecule has 26 heavy (non-hydrogen) atoms. The van der Waals surface area contributed by atoms with Crippen LogP contribution < -0.4 is 5.32 Å². The number of aromatic nitrogens is 2. The molecule has 9 heteroatoms. The minimum Gasteiger partial charge on any atom is -0.325 e. The molecule has 2 heterocycles. The third kappa shape index (κ3) is 3.99. The summed E-state index contributed by atoms with van der Waals surface area (Å²) in [6.07, 6.45) is 0. The summed E-state index contributed by atoms with van der Waals surface area (Å²) >= 11 is 3.11. The fraction of sp³-hybridized carbons (Fsp3) is 0.353. The van der Waals surface area contributed by atoms with Gasteiger partial charge in [0.2, 0.25) is 5.91 Å². The van der Waals surface area contributed by atoms with Gasteiger partial charge in [-0.05, 0) is 18.9 Å². The van der Waals surface area contributed by atoms with Crippen LogP contribution in [0.3, 0.4) is 0 Å². The van der Waals surface area contributed by atoms with Crippen LogP contribution in [-0.4, -0.2) is 31.8 Å². The van der Waals surface area contributed by atoms with Crippen molar-refractivity contribution in [3.8, 4) is 0 Å². The molecule has 0 fully saturated rings. The van der Waals surface area contributed by atoms with E-state index in [-0.39, 0.29) is 17.3 Å². The predicted molar refractivity (Wildman–Crippen MR) is 103 cm³/mol. The van der Waals surface area contributed by atoms with Crippen molar-refractivity contribution in [2.75, 3.05) is 11.1 Å². The standard InChI is InChI=1S/C17H18N4O3S2/c1-9-10(2)26-17-15(9)16(18-11(3)19-17)25-8-14(22)20-12-5-4-6-13(7-12)21(23)24/h4-7,9-10H,8H2,1-3H3,(H,20,22)/t9-,10-/m0/s1. The maximum absolute atomic E-state index is 12.2. The Kier molecular flexibility index (Phi) is 5.47. The molecule has 3 rings (SSSR count). The molecule has 0 aliphatic carbocycles. The Labute approximate surface area is 159 Å². The summed E-state index contributed by atoms with van der Waals surface area (Å²) in [5.74, 6) is 0.973. The second-order valence-corrected chi connectivity index (χ2v) is 8.38. The number of thioether (sulfide) groups is 2. The molecule has 1 aliphatic rings. The summed E-state index contributed by atoms with van der Waals surface area (Å²) in [5.41, 5.74) is 1.47. The number of fused-ring (bicyclic) bond motifs is 1. The van der Waals surface area contributed by atoms with Crippen LogP contribution in [0.2, 0.25) is 0 Å². The number of nitrogens with zero attached hydrogens (tertiary/aromatic N) is 3. The summed E-state index contributed by atoms with van der Waals surface area (Å²) in [6, 6.07) is 5.90. The minimum atomic E-state index is -0.488. The van der Waals surface area contributed by atoms with Crippen molar-refractivity contribution >= 4 is 40.8 Å². The number of hydrogen-bond acceptors (Lipinski definition) is 7. The maximum atomic E-state index is 12.2. The monoisotopic (exact) mass is 390 g/mol. The number of benzene rings is 1. The molecule has 1 aliphatic heterocycles. The third-order valence-corrected chi connectivity index (χ3v) is 6.43. The molecule has 1 aromatic carbocycles. The van der Waals surface area contributed by atoms with E-state index in [2.05, 4.69) is 29.1 Å². The normalized spacial score (nSPS) is 18.4. The van der Waals surface area contributed by atoms with Gasteiger partial charge < -0.3 is 5.32 Å². The fourth-order valence-electron chi connectivity index (χ4n) is 2.66. The van der Waals surface area contributed by atoms with E-state index in [1.807, 2.05) is 6.92 Å². The molecular weight excluding hydrogens is 372 g/mol. The summed E-state index contributed by atoms with van der Waals surface area (Å²) < 4.78 is 0. The van der Waals surface area contributed by atoms with Crippen molar-refractivity contribution in [2.24, 2.45) is 0 Å². The number of carbonyl (C=O) groups excluding carboxylic acids is 1. The molecule has 0 saturated heterocycles. The number of carbonyl (C=O) groups is 1. The SMILES string of the molecule is Cc1nc(SCC(=O)Nc2cccc([N+](=O)[O-])c2)c2c(n1)S[C@@H](C)[C@@H]2C. The van der Waals surface area contributed by atoms with Crippen molar-refractivity contribution in [2.45, 2.75) is 42.0 Å². The Bertz CT molecular complexity index is 875. The summed E-state index contributed by atoms with van der Waals surface area (Å²) in [7, 11) is 0. The zero-order chi connectivity index (χ0) is 18.8. The van der Waals surface area contributed by atoms with Crippen LogP contribution in [0.25, 0.3) is 0 Å². The highest BCUT2D eigenvalue weighted by Gasteiger charge is 2.31. The Morgan fingerprint density at radius 2 is 2.15 bits per heavy atom. The lowest BCUT2D eigenvalue weighted by Gasteiger charge is -2.12. The lowest BCUT2D eigenvalue weighted by Crippen LogP contribution is -2.15. The Morgan fingerprint density at radius 3 is 2.88 bits per heavy atom. The molecule has 0 radical (unpaired) electrons. The van der Waals surface area contributed by atoms with Gasteiger partial charge in [0.05, 0.1) is 10.7 Å². The molecule has 0 bridgehead atoms. The summed E-state index contributed by atoms with van der Waals surface area (Å²) in [6.45, 7) is 6.16. The van der Waals surface area contributed by atoms with Crippen LogP contribution in [0.5, 0.6) is 0 Å². The quantitative estimate of drug-likeness (QED) is 0.356. The first-order valence-corrected chi connectivity index (χ1v) is 9.94. The second-order valence-electron chi connectivity index (χ2n) is 6.05. The van der Waals surface area contributed by atoms with Gasteiger partial charge in [0.1, 0.15) is 15.9 Å². The molecule has 136 valence electrons. The molecule has 0 saturated carbocycles. The molecule has 0 spiro atoms. The van der Waals surface area contributed by atoms with E-state index in [0.717, 1.165) is 15.6 Å². The van der Waals surface area contributed by atoms with Gasteiger partial charge in [-0.3, -0.25) is 14.9 Å². The van der Waals surface area contributed by atoms with Crippen LogP contribution in [0, 0.1) is 17.0 Å². The van der Waals surface area contributed by atoms with Gasteiger partial charge in [-0.15, -0.1) is 11.8 Å². The van der Waals surface area contributed by atoms with E-state index >= 15 is 0 Å². The molecule has 2 atom stereocenters. The minimum absolute atomic E-state index is 0.0560. The summed E-state index contributed by atoms with van der Waals surface area (Å²) in [4.78, 5) is 31.6. The number of rotatable bonds is 5. The van der Waals surface area contributed by atoms with Gasteiger partial charge in [0.25, 0.3) is 5.69 Å². The predicted octanol–water partition coefficient (Wildman–Crippen LogP) is 4.02. The molecular formula is C17H18N4O3S2. The van der Waals surface area contributed by atoms with Gasteiger partial charge in [-0.25, -0.2) is 9.97 Å². The van der Waals surface area contributed by atoms with E-state index in [0.29, 0.717) is 22.7 Å². The van der Waals surface area contributed by atoms with Crippen LogP contribution in [0.15, 0.2) is 34.3 Å². The second kappa shape index (κ2) is 7.63.